The van der Waals surface area contributed by atoms with Gasteiger partial charge in [-0.15, -0.1) is 0 Å². The number of rotatable bonds is 36. The Hall–Kier alpha value is -1.10. The van der Waals surface area contributed by atoms with Gasteiger partial charge in [0.05, 0.1) is 0 Å². The van der Waals surface area contributed by atoms with Crippen molar-refractivity contribution in [2.75, 3.05) is 20.6 Å². The van der Waals surface area contributed by atoms with Crippen molar-refractivity contribution in [3.8, 4) is 0 Å². The topological polar surface area (TPSA) is 55.8 Å². The molecule has 5 heteroatoms. The average molecular weight is 652 g/mol. The van der Waals surface area contributed by atoms with Gasteiger partial charge in [-0.2, -0.15) is 0 Å². The maximum atomic E-state index is 13.1. The predicted molar refractivity (Wildman–Crippen MR) is 198 cm³/mol. The fourth-order valence-corrected chi connectivity index (χ4v) is 6.33. The highest BCUT2D eigenvalue weighted by Gasteiger charge is 2.28. The fraction of sp³-hybridized carbons (Fsp3) is 0.951. The molecule has 2 atom stereocenters. The third-order valence-corrected chi connectivity index (χ3v) is 9.39. The normalized spacial score (nSPS) is 12.8. The van der Waals surface area contributed by atoms with E-state index >= 15 is 0 Å². The van der Waals surface area contributed by atoms with Gasteiger partial charge < -0.3 is 14.4 Å². The first-order valence-corrected chi connectivity index (χ1v) is 20.5. The van der Waals surface area contributed by atoms with Crippen LogP contribution in [0.25, 0.3) is 0 Å². The molecule has 0 rings (SSSR count). The van der Waals surface area contributed by atoms with Gasteiger partial charge in [0.2, 0.25) is 0 Å². The number of carbonyl (C=O) groups excluding carboxylic acids is 2. The molecule has 0 saturated carbocycles. The summed E-state index contributed by atoms with van der Waals surface area (Å²) in [5, 5.41) is 0. The lowest BCUT2D eigenvalue weighted by Crippen LogP contribution is -2.35. The molecule has 0 aromatic carbocycles. The minimum absolute atomic E-state index is 0.101. The molecule has 46 heavy (non-hydrogen) atoms. The lowest BCUT2D eigenvalue weighted by atomic mass is 9.98. The van der Waals surface area contributed by atoms with E-state index in [2.05, 4.69) is 39.8 Å². The lowest BCUT2D eigenvalue weighted by molar-refractivity contribution is -0.169. The smallest absolute Gasteiger partial charge is 0.306 e. The van der Waals surface area contributed by atoms with Crippen LogP contribution in [0.4, 0.5) is 0 Å². The number of unbranched alkanes of at least 4 members (excludes halogenated alkanes) is 23. The Balaban J connectivity index is 5.11. The van der Waals surface area contributed by atoms with Gasteiger partial charge in [-0.25, -0.2) is 0 Å². The first kappa shape index (κ1) is 44.9. The zero-order valence-corrected chi connectivity index (χ0v) is 31.9. The van der Waals surface area contributed by atoms with Crippen molar-refractivity contribution in [1.82, 2.24) is 4.90 Å². The summed E-state index contributed by atoms with van der Waals surface area (Å²) >= 11 is 0. The van der Waals surface area contributed by atoms with Crippen LogP contribution in [-0.4, -0.2) is 49.7 Å². The van der Waals surface area contributed by atoms with Gasteiger partial charge in [0, 0.05) is 12.8 Å². The molecule has 5 nitrogen and oxygen atoms in total. The van der Waals surface area contributed by atoms with Gasteiger partial charge in [0.15, 0.2) is 0 Å². The molecule has 0 aliphatic rings. The first-order valence-electron chi connectivity index (χ1n) is 20.5. The second-order valence-corrected chi connectivity index (χ2v) is 14.4. The maximum Gasteiger partial charge on any atom is 0.306 e. The molecule has 0 amide bonds. The third kappa shape index (κ3) is 31.5. The zero-order valence-electron chi connectivity index (χ0n) is 31.9. The quantitative estimate of drug-likeness (QED) is 0.0498. The minimum atomic E-state index is -0.318. The number of hydrogen-bond acceptors (Lipinski definition) is 5. The van der Waals surface area contributed by atoms with Crippen LogP contribution in [0.2, 0.25) is 0 Å². The van der Waals surface area contributed by atoms with Crippen molar-refractivity contribution in [3.63, 3.8) is 0 Å². The second-order valence-electron chi connectivity index (χ2n) is 14.4. The van der Waals surface area contributed by atoms with Crippen LogP contribution in [0.1, 0.15) is 220 Å². The number of esters is 2. The van der Waals surface area contributed by atoms with Crippen molar-refractivity contribution in [3.05, 3.63) is 0 Å². The van der Waals surface area contributed by atoms with Crippen molar-refractivity contribution >= 4 is 11.9 Å². The van der Waals surface area contributed by atoms with E-state index in [1.165, 1.54) is 116 Å². The maximum absolute atomic E-state index is 13.1. The van der Waals surface area contributed by atoms with Crippen LogP contribution in [0, 0.1) is 0 Å². The third-order valence-electron chi connectivity index (χ3n) is 9.39. The largest absolute Gasteiger partial charge is 0.458 e. The Morgan fingerprint density at radius 3 is 1.02 bits per heavy atom. The summed E-state index contributed by atoms with van der Waals surface area (Å²) in [6, 6.07) is 0. The number of carbonyl (C=O) groups is 2. The van der Waals surface area contributed by atoms with Crippen molar-refractivity contribution in [2.45, 2.75) is 232 Å². The molecule has 2 unspecified atom stereocenters. The van der Waals surface area contributed by atoms with Gasteiger partial charge in [0.1, 0.15) is 12.2 Å². The molecular formula is C41H81NO4. The second kappa shape index (κ2) is 35.2. The zero-order chi connectivity index (χ0) is 33.9. The van der Waals surface area contributed by atoms with Gasteiger partial charge >= 0.3 is 11.9 Å². The van der Waals surface area contributed by atoms with Crippen LogP contribution in [-0.2, 0) is 19.1 Å². The molecular weight excluding hydrogens is 570 g/mol. The van der Waals surface area contributed by atoms with Crippen LogP contribution in [0.15, 0.2) is 0 Å². The fourth-order valence-electron chi connectivity index (χ4n) is 6.33. The molecule has 0 aromatic heterocycles. The Bertz CT molecular complexity index is 652. The highest BCUT2D eigenvalue weighted by atomic mass is 16.6. The Labute approximate surface area is 288 Å². The predicted octanol–water partition coefficient (Wildman–Crippen LogP) is 12.5. The summed E-state index contributed by atoms with van der Waals surface area (Å²) in [6.45, 7) is 7.82. The Morgan fingerprint density at radius 1 is 0.413 bits per heavy atom. The van der Waals surface area contributed by atoms with Gasteiger partial charge in [0.25, 0.3) is 0 Å². The average Bonchev–Trinajstić information content (AvgIpc) is 3.03. The summed E-state index contributed by atoms with van der Waals surface area (Å²) in [7, 11) is 4.18. The number of hydrogen-bond donors (Lipinski definition) is 0. The molecule has 274 valence electrons. The van der Waals surface area contributed by atoms with E-state index in [0.717, 1.165) is 77.2 Å². The SMILES string of the molecule is CCCCCCCCCCC(=O)OC(CCCCCCCCCC)C(CCCCCCCCCC)OC(=O)CCCCCN(C)C. The van der Waals surface area contributed by atoms with E-state index in [9.17, 15) is 9.59 Å². The van der Waals surface area contributed by atoms with Crippen LogP contribution in [0.3, 0.4) is 0 Å². The number of nitrogens with zero attached hydrogens (tertiary/aromatic N) is 1. The molecule has 0 heterocycles. The van der Waals surface area contributed by atoms with Crippen LogP contribution < -0.4 is 0 Å². The summed E-state index contributed by atoms with van der Waals surface area (Å²) in [4.78, 5) is 28.3. The van der Waals surface area contributed by atoms with Gasteiger partial charge in [-0.3, -0.25) is 9.59 Å². The Morgan fingerprint density at radius 2 is 0.696 bits per heavy atom. The molecule has 0 fully saturated rings. The monoisotopic (exact) mass is 652 g/mol. The molecule has 0 saturated heterocycles. The van der Waals surface area contributed by atoms with Crippen molar-refractivity contribution in [2.24, 2.45) is 0 Å². The molecule has 0 bridgehead atoms. The van der Waals surface area contributed by atoms with Crippen molar-refractivity contribution < 1.29 is 19.1 Å². The van der Waals surface area contributed by atoms with E-state index in [1.54, 1.807) is 0 Å². The number of ether oxygens (including phenoxy) is 2. The highest BCUT2D eigenvalue weighted by molar-refractivity contribution is 5.70. The summed E-state index contributed by atoms with van der Waals surface area (Å²) < 4.78 is 12.4. The van der Waals surface area contributed by atoms with E-state index < -0.39 is 0 Å². The van der Waals surface area contributed by atoms with E-state index in [0.29, 0.717) is 12.8 Å². The highest BCUT2D eigenvalue weighted by Crippen LogP contribution is 2.23. The summed E-state index contributed by atoms with van der Waals surface area (Å²) in [5.41, 5.74) is 0. The molecule has 0 aromatic rings. The summed E-state index contributed by atoms with van der Waals surface area (Å²) in [6.07, 6.45) is 34.5. The standard InChI is InChI=1S/C41H81NO4/c1-6-9-12-15-18-21-24-28-33-38(45-40(43)35-30-26-23-20-17-14-11-8-3)39(34-29-25-22-19-16-13-10-7-2)46-41(44)36-31-27-32-37-42(4)5/h38-39H,6-37H2,1-5H3. The van der Waals surface area contributed by atoms with Crippen LogP contribution in [0.5, 0.6) is 0 Å². The molecule has 0 aliphatic carbocycles. The molecule has 0 N–H and O–H groups in total. The minimum Gasteiger partial charge on any atom is -0.458 e. The first-order chi connectivity index (χ1) is 22.4. The van der Waals surface area contributed by atoms with Crippen molar-refractivity contribution in [1.29, 1.82) is 0 Å². The summed E-state index contributed by atoms with van der Waals surface area (Å²) in [5.74, 6) is -0.217. The molecule has 0 aliphatic heterocycles. The Kier molecular flexibility index (Phi) is 34.4. The molecule has 0 spiro atoms. The lowest BCUT2D eigenvalue weighted by Gasteiger charge is -2.27. The van der Waals surface area contributed by atoms with E-state index in [1.807, 2.05) is 0 Å². The van der Waals surface area contributed by atoms with Crippen LogP contribution >= 0.6 is 0 Å². The van der Waals surface area contributed by atoms with Gasteiger partial charge in [-0.1, -0.05) is 162 Å². The van der Waals surface area contributed by atoms with E-state index in [4.69, 9.17) is 9.47 Å². The molecule has 0 radical (unpaired) electrons. The van der Waals surface area contributed by atoms with E-state index in [-0.39, 0.29) is 24.1 Å². The van der Waals surface area contributed by atoms with Gasteiger partial charge in [-0.05, 0) is 65.6 Å².